The maximum Gasteiger partial charge on any atom is 0.234 e. The minimum atomic E-state index is -0.0841. The smallest absolute Gasteiger partial charge is 0.234 e. The van der Waals surface area contributed by atoms with E-state index in [4.69, 9.17) is 4.52 Å². The predicted octanol–water partition coefficient (Wildman–Crippen LogP) is 3.05. The van der Waals surface area contributed by atoms with Gasteiger partial charge >= 0.3 is 0 Å². The topological polar surface area (TPSA) is 85.8 Å². The molecule has 2 aromatic heterocycles. The van der Waals surface area contributed by atoms with Gasteiger partial charge in [-0.05, 0) is 32.0 Å². The third-order valence-electron chi connectivity index (χ3n) is 3.45. The maximum atomic E-state index is 12.3. The quantitative estimate of drug-likeness (QED) is 0.730. The summed E-state index contributed by atoms with van der Waals surface area (Å²) in [6, 6.07) is 9.62. The number of para-hydroxylation sites is 2. The first-order valence-electron chi connectivity index (χ1n) is 7.82. The van der Waals surface area contributed by atoms with E-state index >= 15 is 0 Å². The molecule has 0 atom stereocenters. The summed E-state index contributed by atoms with van der Waals surface area (Å²) in [6.45, 7) is 5.67. The van der Waals surface area contributed by atoms with Gasteiger partial charge in [0.2, 0.25) is 11.8 Å². The summed E-state index contributed by atoms with van der Waals surface area (Å²) in [5.41, 5.74) is 3.53. The Morgan fingerprint density at radius 1 is 1.28 bits per heavy atom. The first kappa shape index (κ1) is 17.2. The first-order chi connectivity index (χ1) is 12.0. The van der Waals surface area contributed by atoms with Crippen molar-refractivity contribution >= 4 is 23.4 Å². The molecule has 3 rings (SSSR count). The molecular weight excluding hydrogens is 338 g/mol. The number of hydrogen-bond donors (Lipinski definition) is 1. The predicted molar refractivity (Wildman–Crippen MR) is 96.9 cm³/mol. The number of hydrogen-bond acceptors (Lipinski definition) is 6. The monoisotopic (exact) mass is 357 g/mol. The lowest BCUT2D eigenvalue weighted by molar-refractivity contribution is -0.113. The fraction of sp³-hybridized carbons (Fsp3) is 0.294. The van der Waals surface area contributed by atoms with Gasteiger partial charge in [0.05, 0.1) is 28.6 Å². The molecule has 0 saturated carbocycles. The van der Waals surface area contributed by atoms with Gasteiger partial charge in [-0.25, -0.2) is 4.68 Å². The third-order valence-corrected chi connectivity index (χ3v) is 4.38. The molecule has 1 N–H and O–H groups in total. The highest BCUT2D eigenvalue weighted by Crippen LogP contribution is 2.22. The van der Waals surface area contributed by atoms with Crippen LogP contribution in [0.3, 0.4) is 0 Å². The Morgan fingerprint density at radius 2 is 2.08 bits per heavy atom. The van der Waals surface area contributed by atoms with E-state index in [1.165, 1.54) is 11.8 Å². The lowest BCUT2D eigenvalue weighted by atomic mass is 10.2. The molecule has 0 spiro atoms. The van der Waals surface area contributed by atoms with Crippen LogP contribution in [0.15, 0.2) is 34.9 Å². The molecule has 0 unspecified atom stereocenters. The molecule has 0 fully saturated rings. The number of anilines is 1. The summed E-state index contributed by atoms with van der Waals surface area (Å²) in [7, 11) is 0. The van der Waals surface area contributed by atoms with E-state index in [1.54, 1.807) is 6.92 Å². The van der Waals surface area contributed by atoms with Gasteiger partial charge in [0, 0.05) is 12.6 Å². The number of benzene rings is 1. The van der Waals surface area contributed by atoms with Crippen LogP contribution in [-0.2, 0) is 10.5 Å². The van der Waals surface area contributed by atoms with E-state index < -0.39 is 0 Å². The maximum absolute atomic E-state index is 12.3. The molecule has 3 aromatic rings. The lowest BCUT2D eigenvalue weighted by Crippen LogP contribution is -2.16. The first-order valence-corrected chi connectivity index (χ1v) is 8.98. The van der Waals surface area contributed by atoms with E-state index in [9.17, 15) is 4.79 Å². The highest BCUT2D eigenvalue weighted by molar-refractivity contribution is 7.99. The number of aromatic nitrogens is 4. The second-order valence-electron chi connectivity index (χ2n) is 5.63. The SMILES string of the molecule is Cc1cc(C)n(-c2ccccc2NC(=O)CSCc2noc(C)n2)n1. The molecule has 0 bridgehead atoms. The molecule has 2 heterocycles. The zero-order valence-electron chi connectivity index (χ0n) is 14.3. The van der Waals surface area contributed by atoms with Crippen molar-refractivity contribution in [3.05, 3.63) is 53.4 Å². The average Bonchev–Trinajstić information content (AvgIpc) is 3.13. The molecule has 1 amide bonds. The zero-order chi connectivity index (χ0) is 17.8. The molecule has 0 aliphatic rings. The fourth-order valence-corrected chi connectivity index (χ4v) is 3.12. The normalized spacial score (nSPS) is 10.8. The zero-order valence-corrected chi connectivity index (χ0v) is 15.1. The minimum Gasteiger partial charge on any atom is -0.340 e. The Balaban J connectivity index is 1.64. The van der Waals surface area contributed by atoms with Crippen LogP contribution in [-0.4, -0.2) is 31.6 Å². The van der Waals surface area contributed by atoms with Crippen LogP contribution < -0.4 is 5.32 Å². The molecule has 1 aromatic carbocycles. The van der Waals surface area contributed by atoms with Crippen molar-refractivity contribution in [1.29, 1.82) is 0 Å². The lowest BCUT2D eigenvalue weighted by Gasteiger charge is -2.12. The van der Waals surface area contributed by atoms with E-state index in [0.717, 1.165) is 22.8 Å². The van der Waals surface area contributed by atoms with Crippen LogP contribution in [0.5, 0.6) is 0 Å². The molecule has 25 heavy (non-hydrogen) atoms. The van der Waals surface area contributed by atoms with Crippen molar-refractivity contribution in [2.45, 2.75) is 26.5 Å². The van der Waals surface area contributed by atoms with Gasteiger partial charge in [-0.1, -0.05) is 17.3 Å². The van der Waals surface area contributed by atoms with Gasteiger partial charge < -0.3 is 9.84 Å². The van der Waals surface area contributed by atoms with Crippen molar-refractivity contribution in [1.82, 2.24) is 19.9 Å². The Bertz CT molecular complexity index is 887. The summed E-state index contributed by atoms with van der Waals surface area (Å²) in [5, 5.41) is 11.3. The Labute approximate surface area is 149 Å². The number of nitrogens with one attached hydrogen (secondary N) is 1. The van der Waals surface area contributed by atoms with Gasteiger partial charge in [0.15, 0.2) is 5.82 Å². The summed E-state index contributed by atoms with van der Waals surface area (Å²) < 4.78 is 6.74. The third kappa shape index (κ3) is 4.27. The number of thioether (sulfide) groups is 1. The van der Waals surface area contributed by atoms with E-state index in [1.807, 2.05) is 48.9 Å². The van der Waals surface area contributed by atoms with Crippen LogP contribution in [0.4, 0.5) is 5.69 Å². The molecule has 0 radical (unpaired) electrons. The Kier molecular flexibility index (Phi) is 5.18. The molecule has 0 aliphatic heterocycles. The molecule has 7 nitrogen and oxygen atoms in total. The molecule has 0 saturated heterocycles. The Morgan fingerprint density at radius 3 is 2.76 bits per heavy atom. The molecular formula is C17H19N5O2S. The van der Waals surface area contributed by atoms with Gasteiger partial charge in [-0.3, -0.25) is 4.79 Å². The van der Waals surface area contributed by atoms with E-state index in [-0.39, 0.29) is 5.91 Å². The van der Waals surface area contributed by atoms with E-state index in [0.29, 0.717) is 23.2 Å². The van der Waals surface area contributed by atoms with Crippen LogP contribution >= 0.6 is 11.8 Å². The second kappa shape index (κ2) is 7.52. The van der Waals surface area contributed by atoms with E-state index in [2.05, 4.69) is 20.6 Å². The largest absolute Gasteiger partial charge is 0.340 e. The average molecular weight is 357 g/mol. The van der Waals surface area contributed by atoms with Crippen LogP contribution in [0.25, 0.3) is 5.69 Å². The van der Waals surface area contributed by atoms with Crippen LogP contribution in [0.2, 0.25) is 0 Å². The standard InChI is InChI=1S/C17H19N5O2S/c1-11-8-12(2)22(20-11)15-7-5-4-6-14(15)19-17(23)10-25-9-16-18-13(3)24-21-16/h4-8H,9-10H2,1-3H3,(H,19,23). The minimum absolute atomic E-state index is 0.0841. The second-order valence-corrected chi connectivity index (χ2v) is 6.61. The highest BCUT2D eigenvalue weighted by Gasteiger charge is 2.12. The number of carbonyl (C=O) groups is 1. The molecule has 0 aliphatic carbocycles. The summed E-state index contributed by atoms with van der Waals surface area (Å²) in [4.78, 5) is 16.4. The fourth-order valence-electron chi connectivity index (χ4n) is 2.46. The molecule has 130 valence electrons. The number of nitrogens with zero attached hydrogens (tertiary/aromatic N) is 4. The van der Waals surface area contributed by atoms with Gasteiger partial charge in [0.1, 0.15) is 0 Å². The van der Waals surface area contributed by atoms with Crippen molar-refractivity contribution in [2.24, 2.45) is 0 Å². The Hall–Kier alpha value is -2.61. The molecule has 8 heteroatoms. The van der Waals surface area contributed by atoms with Gasteiger partial charge in [0.25, 0.3) is 0 Å². The summed E-state index contributed by atoms with van der Waals surface area (Å²) in [5.74, 6) is 1.87. The number of amides is 1. The van der Waals surface area contributed by atoms with Gasteiger partial charge in [-0.15, -0.1) is 11.8 Å². The summed E-state index contributed by atoms with van der Waals surface area (Å²) in [6.07, 6.45) is 0. The number of aryl methyl sites for hydroxylation is 3. The van der Waals surface area contributed by atoms with Crippen molar-refractivity contribution < 1.29 is 9.32 Å². The van der Waals surface area contributed by atoms with Crippen molar-refractivity contribution in [2.75, 3.05) is 11.1 Å². The van der Waals surface area contributed by atoms with Gasteiger partial charge in [-0.2, -0.15) is 10.1 Å². The summed E-state index contributed by atoms with van der Waals surface area (Å²) >= 11 is 1.44. The number of carbonyl (C=O) groups excluding carboxylic acids is 1. The highest BCUT2D eigenvalue weighted by atomic mass is 32.2. The van der Waals surface area contributed by atoms with Crippen molar-refractivity contribution in [3.8, 4) is 5.69 Å². The van der Waals surface area contributed by atoms with Crippen molar-refractivity contribution in [3.63, 3.8) is 0 Å². The van der Waals surface area contributed by atoms with Crippen LogP contribution in [0.1, 0.15) is 23.1 Å². The van der Waals surface area contributed by atoms with Crippen LogP contribution in [0, 0.1) is 20.8 Å². The number of rotatable bonds is 6.